The highest BCUT2D eigenvalue weighted by Crippen LogP contribution is 2.22. The van der Waals surface area contributed by atoms with Crippen molar-refractivity contribution >= 4 is 29.3 Å². The number of benzene rings is 2. The minimum atomic E-state index is -1.83. The zero-order valence-electron chi connectivity index (χ0n) is 21.7. The van der Waals surface area contributed by atoms with Gasteiger partial charge in [0.15, 0.2) is 0 Å². The summed E-state index contributed by atoms with van der Waals surface area (Å²) >= 11 is 0. The van der Waals surface area contributed by atoms with Crippen LogP contribution >= 0.6 is 12.4 Å². The van der Waals surface area contributed by atoms with Gasteiger partial charge in [-0.2, -0.15) is 0 Å². The van der Waals surface area contributed by atoms with Crippen LogP contribution in [0.15, 0.2) is 57.7 Å². The van der Waals surface area contributed by atoms with Gasteiger partial charge >= 0.3 is 5.63 Å². The van der Waals surface area contributed by atoms with Crippen LogP contribution in [-0.4, -0.2) is 41.1 Å². The van der Waals surface area contributed by atoms with Gasteiger partial charge in [0.05, 0.1) is 0 Å². The van der Waals surface area contributed by atoms with Crippen LogP contribution in [0.1, 0.15) is 60.8 Å². The van der Waals surface area contributed by atoms with Gasteiger partial charge in [-0.1, -0.05) is 42.8 Å². The van der Waals surface area contributed by atoms with Gasteiger partial charge in [0.25, 0.3) is 0 Å². The predicted octanol–water partition coefficient (Wildman–Crippen LogP) is 4.72. The lowest BCUT2D eigenvalue weighted by Gasteiger charge is -2.26. The van der Waals surface area contributed by atoms with Gasteiger partial charge in [0, 0.05) is 17.4 Å². The zero-order chi connectivity index (χ0) is 25.5. The van der Waals surface area contributed by atoms with E-state index in [1.54, 1.807) is 12.1 Å². The number of piperidine rings is 1. The lowest BCUT2D eigenvalue weighted by Crippen LogP contribution is -2.47. The average molecular weight is 527 g/mol. The fraction of sp³-hybridized carbons (Fsp3) is 0.467. The van der Waals surface area contributed by atoms with E-state index in [0.717, 1.165) is 22.9 Å². The molecule has 3 aromatic rings. The zero-order valence-corrected chi connectivity index (χ0v) is 22.5. The molecule has 7 heteroatoms. The Kier molecular flexibility index (Phi) is 10.3. The third-order valence-corrected chi connectivity index (χ3v) is 7.39. The van der Waals surface area contributed by atoms with Gasteiger partial charge in [-0.3, -0.25) is 4.79 Å². The molecule has 0 radical (unpaired) electrons. The van der Waals surface area contributed by atoms with Crippen LogP contribution in [0.3, 0.4) is 0 Å². The number of amides is 1. The number of aryl methyl sites for hydroxylation is 3. The third-order valence-electron chi connectivity index (χ3n) is 7.39. The third kappa shape index (κ3) is 7.91. The summed E-state index contributed by atoms with van der Waals surface area (Å²) in [5.41, 5.74) is 7.22. The van der Waals surface area contributed by atoms with Crippen molar-refractivity contribution < 1.29 is 14.3 Å². The summed E-state index contributed by atoms with van der Waals surface area (Å²) in [7, 11) is 0. The van der Waals surface area contributed by atoms with Gasteiger partial charge in [-0.25, -0.2) is 4.79 Å². The second-order valence-corrected chi connectivity index (χ2v) is 10.3. The van der Waals surface area contributed by atoms with E-state index in [2.05, 4.69) is 17.0 Å². The number of aliphatic hydroxyl groups is 1. The van der Waals surface area contributed by atoms with Crippen molar-refractivity contribution in [3.8, 4) is 0 Å². The maximum atomic E-state index is 12.5. The lowest BCUT2D eigenvalue weighted by atomic mass is 9.88. The van der Waals surface area contributed by atoms with E-state index in [1.807, 2.05) is 31.2 Å². The molecule has 200 valence electrons. The van der Waals surface area contributed by atoms with Crippen molar-refractivity contribution in [2.45, 2.75) is 70.3 Å². The molecule has 4 rings (SSSR count). The predicted molar refractivity (Wildman–Crippen MR) is 150 cm³/mol. The van der Waals surface area contributed by atoms with Crippen molar-refractivity contribution in [3.63, 3.8) is 0 Å². The molecule has 0 spiro atoms. The summed E-state index contributed by atoms with van der Waals surface area (Å²) in [6, 6.07) is 15.6. The number of likely N-dealkylation sites (tertiary alicyclic amines) is 1. The summed E-state index contributed by atoms with van der Waals surface area (Å²) in [6.07, 6.45) is 7.92. The van der Waals surface area contributed by atoms with E-state index in [1.165, 1.54) is 57.3 Å². The number of unbranched alkanes of at least 4 members (excludes halogenated alkanes) is 1. The normalized spacial score (nSPS) is 15.7. The Morgan fingerprint density at radius 2 is 1.68 bits per heavy atom. The van der Waals surface area contributed by atoms with Crippen molar-refractivity contribution in [3.05, 3.63) is 81.2 Å². The Hall–Kier alpha value is -2.67. The van der Waals surface area contributed by atoms with E-state index in [0.29, 0.717) is 12.0 Å². The Bertz CT molecular complexity index is 1230. The van der Waals surface area contributed by atoms with Crippen molar-refractivity contribution in [2.75, 3.05) is 19.6 Å². The molecule has 1 atom stereocenters. The van der Waals surface area contributed by atoms with E-state index in [4.69, 9.17) is 10.2 Å². The number of hydrogen-bond donors (Lipinski definition) is 2. The van der Waals surface area contributed by atoms with Crippen molar-refractivity contribution in [2.24, 2.45) is 5.73 Å². The Balaban J connectivity index is 0.00000380. The summed E-state index contributed by atoms with van der Waals surface area (Å²) < 4.78 is 5.43. The van der Waals surface area contributed by atoms with Crippen LogP contribution in [0.4, 0.5) is 0 Å². The smallest absolute Gasteiger partial charge is 0.339 e. The molecule has 1 aliphatic heterocycles. The molecule has 1 aliphatic rings. The molecule has 1 saturated heterocycles. The second kappa shape index (κ2) is 13.2. The number of rotatable bonds is 11. The van der Waals surface area contributed by atoms with Gasteiger partial charge < -0.3 is 20.2 Å². The summed E-state index contributed by atoms with van der Waals surface area (Å²) in [6.45, 7) is 5.61. The molecule has 1 amide bonds. The molecule has 0 bridgehead atoms. The molecule has 3 N–H and O–H groups in total. The molecule has 2 heterocycles. The fourth-order valence-corrected chi connectivity index (χ4v) is 5.07. The largest absolute Gasteiger partial charge is 0.423 e. The van der Waals surface area contributed by atoms with E-state index in [-0.39, 0.29) is 30.8 Å². The number of primary amides is 1. The van der Waals surface area contributed by atoms with Crippen LogP contribution in [0.25, 0.3) is 11.0 Å². The molecule has 1 aromatic heterocycles. The molecule has 0 saturated carbocycles. The minimum Gasteiger partial charge on any atom is -0.423 e. The van der Waals surface area contributed by atoms with Crippen LogP contribution < -0.4 is 11.4 Å². The molecular formula is C30H39ClN2O4. The highest BCUT2D eigenvalue weighted by atomic mass is 35.5. The highest BCUT2D eigenvalue weighted by Gasteiger charge is 2.35. The minimum absolute atomic E-state index is 0. The van der Waals surface area contributed by atoms with Gasteiger partial charge in [-0.05, 0) is 100 Å². The lowest BCUT2D eigenvalue weighted by molar-refractivity contribution is -0.136. The summed E-state index contributed by atoms with van der Waals surface area (Å²) in [5, 5.41) is 11.8. The van der Waals surface area contributed by atoms with Crippen LogP contribution in [0, 0.1) is 6.92 Å². The number of halogens is 1. The van der Waals surface area contributed by atoms with E-state index in [9.17, 15) is 14.7 Å². The van der Waals surface area contributed by atoms with Gasteiger partial charge in [0.1, 0.15) is 11.2 Å². The molecule has 1 unspecified atom stereocenters. The Morgan fingerprint density at radius 1 is 1.00 bits per heavy atom. The summed E-state index contributed by atoms with van der Waals surface area (Å²) in [4.78, 5) is 27.3. The molecule has 37 heavy (non-hydrogen) atoms. The topological polar surface area (TPSA) is 96.8 Å². The molecule has 1 fully saturated rings. The molecule has 0 aliphatic carbocycles. The SMILES string of the molecule is Cc1ccc2cc(CC(O)(CCc3ccc(CCCCN4CCCCC4)cc3)C(N)=O)c(=O)oc2c1.Cl. The number of fused-ring (bicyclic) bond motifs is 1. The second-order valence-electron chi connectivity index (χ2n) is 10.3. The number of nitrogens with two attached hydrogens (primary N) is 1. The van der Waals surface area contributed by atoms with Crippen molar-refractivity contribution in [1.82, 2.24) is 4.90 Å². The molecule has 2 aromatic carbocycles. The first-order valence-corrected chi connectivity index (χ1v) is 13.2. The maximum absolute atomic E-state index is 12.5. The highest BCUT2D eigenvalue weighted by molar-refractivity contribution is 5.85. The van der Waals surface area contributed by atoms with Crippen LogP contribution in [0.2, 0.25) is 0 Å². The first-order chi connectivity index (χ1) is 17.3. The standard InChI is InChI=1S/C30H38N2O4.ClH/c1-22-8-13-25-20-26(28(33)36-27(25)19-22)21-30(35,29(31)34)15-14-24-11-9-23(10-12-24)7-3-6-18-32-16-4-2-5-17-32;/h8-13,19-20,35H,2-7,14-18,21H2,1H3,(H2,31,34);1H. The monoisotopic (exact) mass is 526 g/mol. The summed E-state index contributed by atoms with van der Waals surface area (Å²) in [5.74, 6) is -0.837. The number of carbonyl (C=O) groups is 1. The fourth-order valence-electron chi connectivity index (χ4n) is 5.07. The quantitative estimate of drug-likeness (QED) is 0.278. The van der Waals surface area contributed by atoms with E-state index >= 15 is 0 Å². The first-order valence-electron chi connectivity index (χ1n) is 13.2. The number of hydrogen-bond acceptors (Lipinski definition) is 5. The average Bonchev–Trinajstić information content (AvgIpc) is 2.87. The van der Waals surface area contributed by atoms with Gasteiger partial charge in [0.2, 0.25) is 5.91 Å². The molecular weight excluding hydrogens is 488 g/mol. The van der Waals surface area contributed by atoms with E-state index < -0.39 is 17.1 Å². The van der Waals surface area contributed by atoms with Crippen LogP contribution in [-0.2, 0) is 24.1 Å². The molecule has 6 nitrogen and oxygen atoms in total. The number of nitrogens with zero attached hydrogens (tertiary/aromatic N) is 1. The maximum Gasteiger partial charge on any atom is 0.339 e. The first kappa shape index (κ1) is 28.9. The van der Waals surface area contributed by atoms with Gasteiger partial charge in [-0.15, -0.1) is 12.4 Å². The van der Waals surface area contributed by atoms with Crippen molar-refractivity contribution in [1.29, 1.82) is 0 Å². The van der Waals surface area contributed by atoms with Crippen LogP contribution in [0.5, 0.6) is 0 Å². The Morgan fingerprint density at radius 3 is 2.35 bits per heavy atom. The Labute approximate surface area is 225 Å². The number of carbonyl (C=O) groups excluding carboxylic acids is 1.